The lowest BCUT2D eigenvalue weighted by Gasteiger charge is -2.16. The molecule has 0 radical (unpaired) electrons. The minimum atomic E-state index is -0.0650. The number of hydrogen-bond acceptors (Lipinski definition) is 4. The second kappa shape index (κ2) is 5.51. The Morgan fingerprint density at radius 3 is 2.50 bits per heavy atom. The van der Waals surface area contributed by atoms with E-state index in [1.165, 1.54) is 5.56 Å². The maximum Gasteiger partial charge on any atom is 0.205 e. The van der Waals surface area contributed by atoms with Gasteiger partial charge in [0.25, 0.3) is 0 Å². The van der Waals surface area contributed by atoms with Gasteiger partial charge in [-0.15, -0.1) is 0 Å². The largest absolute Gasteiger partial charge is 0.305 e. The summed E-state index contributed by atoms with van der Waals surface area (Å²) in [5.41, 5.74) is 1.21. The van der Waals surface area contributed by atoms with E-state index in [1.54, 1.807) is 18.5 Å². The summed E-state index contributed by atoms with van der Waals surface area (Å²) < 4.78 is 0. The maximum absolute atomic E-state index is 12.6. The van der Waals surface area contributed by atoms with Crippen LogP contribution in [0.2, 0.25) is 0 Å². The highest BCUT2D eigenvalue weighted by Crippen LogP contribution is 2.33. The van der Waals surface area contributed by atoms with Gasteiger partial charge in [-0.3, -0.25) is 4.79 Å². The maximum atomic E-state index is 12.6. The average Bonchev–Trinajstić information content (AvgIpc) is 2.90. The third-order valence-electron chi connectivity index (χ3n) is 3.85. The van der Waals surface area contributed by atoms with Crippen LogP contribution in [0.3, 0.4) is 0 Å². The molecule has 4 nitrogen and oxygen atoms in total. The standard InChI is InChI=1S/C16H17N3O/c1-19-10-13(12-6-3-2-4-7-12)14(11-19)15(20)16-17-8-5-9-18-16/h2-9,13-14H,10-11H2,1H3/t13-,14+/m0/s1. The molecule has 4 heteroatoms. The van der Waals surface area contributed by atoms with Crippen molar-refractivity contribution in [3.8, 4) is 0 Å². The van der Waals surface area contributed by atoms with Gasteiger partial charge in [0.1, 0.15) is 0 Å². The summed E-state index contributed by atoms with van der Waals surface area (Å²) >= 11 is 0. The molecule has 0 bridgehead atoms. The number of hydrogen-bond donors (Lipinski definition) is 0. The quantitative estimate of drug-likeness (QED) is 0.798. The molecule has 1 aliphatic heterocycles. The molecular formula is C16H17N3O. The smallest absolute Gasteiger partial charge is 0.205 e. The minimum absolute atomic E-state index is 0.0452. The molecule has 1 aromatic carbocycles. The number of ketones is 1. The molecule has 1 aromatic heterocycles. The fourth-order valence-electron chi connectivity index (χ4n) is 2.90. The molecule has 2 heterocycles. The highest BCUT2D eigenvalue weighted by molar-refractivity contribution is 5.95. The lowest BCUT2D eigenvalue weighted by molar-refractivity contribution is 0.0905. The van der Waals surface area contributed by atoms with Crippen molar-refractivity contribution in [1.82, 2.24) is 14.9 Å². The summed E-state index contributed by atoms with van der Waals surface area (Å²) in [5.74, 6) is 0.528. The molecule has 2 aromatic rings. The Morgan fingerprint density at radius 2 is 1.80 bits per heavy atom. The van der Waals surface area contributed by atoms with E-state index in [-0.39, 0.29) is 17.6 Å². The Kier molecular flexibility index (Phi) is 3.56. The summed E-state index contributed by atoms with van der Waals surface area (Å²) in [6.07, 6.45) is 3.24. The van der Waals surface area contributed by atoms with Gasteiger partial charge in [0.2, 0.25) is 5.78 Å². The molecule has 1 saturated heterocycles. The number of rotatable bonds is 3. The van der Waals surface area contributed by atoms with Gasteiger partial charge in [0, 0.05) is 37.3 Å². The topological polar surface area (TPSA) is 46.1 Å². The van der Waals surface area contributed by atoms with Crippen LogP contribution in [0.15, 0.2) is 48.8 Å². The molecule has 0 saturated carbocycles. The van der Waals surface area contributed by atoms with E-state index in [9.17, 15) is 4.79 Å². The van der Waals surface area contributed by atoms with Gasteiger partial charge in [0.15, 0.2) is 5.82 Å². The van der Waals surface area contributed by atoms with Crippen LogP contribution in [0.1, 0.15) is 22.1 Å². The molecule has 0 amide bonds. The number of aromatic nitrogens is 2. The second-order valence-electron chi connectivity index (χ2n) is 5.28. The Labute approximate surface area is 118 Å². The summed E-state index contributed by atoms with van der Waals surface area (Å²) in [6.45, 7) is 1.66. The first-order chi connectivity index (χ1) is 9.75. The summed E-state index contributed by atoms with van der Waals surface area (Å²) in [4.78, 5) is 23.0. The van der Waals surface area contributed by atoms with E-state index in [0.29, 0.717) is 5.82 Å². The highest BCUT2D eigenvalue weighted by atomic mass is 16.1. The molecule has 1 aliphatic rings. The first kappa shape index (κ1) is 12.9. The van der Waals surface area contributed by atoms with Gasteiger partial charge >= 0.3 is 0 Å². The Balaban J connectivity index is 1.89. The van der Waals surface area contributed by atoms with Gasteiger partial charge in [0.05, 0.1) is 0 Å². The van der Waals surface area contributed by atoms with E-state index in [2.05, 4.69) is 34.0 Å². The van der Waals surface area contributed by atoms with Gasteiger partial charge in [-0.05, 0) is 18.7 Å². The molecule has 0 unspecified atom stereocenters. The highest BCUT2D eigenvalue weighted by Gasteiger charge is 2.38. The van der Waals surface area contributed by atoms with Crippen molar-refractivity contribution in [2.75, 3.05) is 20.1 Å². The number of benzene rings is 1. The van der Waals surface area contributed by atoms with Gasteiger partial charge in [-0.25, -0.2) is 9.97 Å². The fourth-order valence-corrected chi connectivity index (χ4v) is 2.90. The minimum Gasteiger partial charge on any atom is -0.305 e. The van der Waals surface area contributed by atoms with Crippen molar-refractivity contribution in [3.63, 3.8) is 0 Å². The van der Waals surface area contributed by atoms with Crippen LogP contribution in [0.25, 0.3) is 0 Å². The SMILES string of the molecule is CN1C[C@@H](C(=O)c2ncccn2)[C@H](c2ccccc2)C1. The number of Topliss-reactive ketones (excluding diaryl/α,β-unsaturated/α-hetero) is 1. The molecule has 0 spiro atoms. The fraction of sp³-hybridized carbons (Fsp3) is 0.312. The molecule has 1 fully saturated rings. The predicted octanol–water partition coefficient (Wildman–Crippen LogP) is 2.00. The van der Waals surface area contributed by atoms with Crippen molar-refractivity contribution < 1.29 is 4.79 Å². The van der Waals surface area contributed by atoms with E-state index in [1.807, 2.05) is 18.2 Å². The van der Waals surface area contributed by atoms with Crippen LogP contribution in [-0.4, -0.2) is 40.8 Å². The van der Waals surface area contributed by atoms with Crippen LogP contribution < -0.4 is 0 Å². The van der Waals surface area contributed by atoms with Crippen molar-refractivity contribution >= 4 is 5.78 Å². The van der Waals surface area contributed by atoms with Crippen LogP contribution in [0.5, 0.6) is 0 Å². The van der Waals surface area contributed by atoms with Gasteiger partial charge < -0.3 is 4.90 Å². The van der Waals surface area contributed by atoms with E-state index >= 15 is 0 Å². The molecule has 102 valence electrons. The third kappa shape index (κ3) is 2.47. The number of likely N-dealkylation sites (tertiary alicyclic amines) is 1. The van der Waals surface area contributed by atoms with Crippen molar-refractivity contribution in [2.45, 2.75) is 5.92 Å². The number of carbonyl (C=O) groups is 1. The molecule has 0 N–H and O–H groups in total. The van der Waals surface area contributed by atoms with Crippen molar-refractivity contribution in [1.29, 1.82) is 0 Å². The van der Waals surface area contributed by atoms with Crippen molar-refractivity contribution in [3.05, 3.63) is 60.2 Å². The zero-order valence-corrected chi connectivity index (χ0v) is 11.4. The summed E-state index contributed by atoms with van der Waals surface area (Å²) in [5, 5.41) is 0. The van der Waals surface area contributed by atoms with Gasteiger partial charge in [-0.1, -0.05) is 30.3 Å². The monoisotopic (exact) mass is 267 g/mol. The summed E-state index contributed by atoms with van der Waals surface area (Å²) in [7, 11) is 2.05. The summed E-state index contributed by atoms with van der Waals surface area (Å²) in [6, 6.07) is 12.0. The molecule has 2 atom stereocenters. The first-order valence-electron chi connectivity index (χ1n) is 6.80. The molecule has 20 heavy (non-hydrogen) atoms. The third-order valence-corrected chi connectivity index (χ3v) is 3.85. The van der Waals surface area contributed by atoms with Crippen LogP contribution in [-0.2, 0) is 0 Å². The van der Waals surface area contributed by atoms with Crippen LogP contribution in [0, 0.1) is 5.92 Å². The van der Waals surface area contributed by atoms with E-state index < -0.39 is 0 Å². The molecule has 3 rings (SSSR count). The Bertz CT molecular complexity index is 585. The van der Waals surface area contributed by atoms with E-state index in [0.717, 1.165) is 13.1 Å². The lowest BCUT2D eigenvalue weighted by Crippen LogP contribution is -2.24. The Hall–Kier alpha value is -2.07. The zero-order chi connectivity index (χ0) is 13.9. The van der Waals surface area contributed by atoms with Crippen molar-refractivity contribution in [2.24, 2.45) is 5.92 Å². The lowest BCUT2D eigenvalue weighted by atomic mass is 9.86. The number of nitrogens with zero attached hydrogens (tertiary/aromatic N) is 3. The molecular weight excluding hydrogens is 250 g/mol. The van der Waals surface area contributed by atoms with Crippen LogP contribution in [0.4, 0.5) is 0 Å². The van der Waals surface area contributed by atoms with Crippen LogP contribution >= 0.6 is 0 Å². The molecule has 0 aliphatic carbocycles. The average molecular weight is 267 g/mol. The first-order valence-corrected chi connectivity index (χ1v) is 6.80. The number of likely N-dealkylation sites (N-methyl/N-ethyl adjacent to an activating group) is 1. The normalized spacial score (nSPS) is 22.9. The zero-order valence-electron chi connectivity index (χ0n) is 11.4. The predicted molar refractivity (Wildman–Crippen MR) is 76.5 cm³/mol. The Morgan fingerprint density at radius 1 is 1.10 bits per heavy atom. The number of carbonyl (C=O) groups excluding carboxylic acids is 1. The van der Waals surface area contributed by atoms with E-state index in [4.69, 9.17) is 0 Å². The second-order valence-corrected chi connectivity index (χ2v) is 5.28. The van der Waals surface area contributed by atoms with Gasteiger partial charge in [-0.2, -0.15) is 0 Å².